The Morgan fingerprint density at radius 1 is 0.688 bits per heavy atom. The van der Waals surface area contributed by atoms with Gasteiger partial charge in [-0.2, -0.15) is 0 Å². The molecule has 1 fully saturated rings. The fourth-order valence-corrected chi connectivity index (χ4v) is 3.40. The van der Waals surface area contributed by atoms with Gasteiger partial charge in [-0.25, -0.2) is 0 Å². The van der Waals surface area contributed by atoms with Gasteiger partial charge in [0.2, 0.25) is 0 Å². The molecule has 0 spiro atoms. The average molecular weight is 461 g/mol. The molecule has 0 N–H and O–H groups in total. The lowest BCUT2D eigenvalue weighted by molar-refractivity contribution is -0.308. The summed E-state index contributed by atoms with van der Waals surface area (Å²) in [5, 5.41) is 0. The number of hydrogen-bond acceptors (Lipinski definition) is 10. The monoisotopic (exact) mass is 460 g/mol. The lowest BCUT2D eigenvalue weighted by atomic mass is 9.98. The number of ether oxygens (including phenoxy) is 6. The normalized spacial score (nSPS) is 25.0. The summed E-state index contributed by atoms with van der Waals surface area (Å²) in [5.74, 6) is -2.56. The van der Waals surface area contributed by atoms with Gasteiger partial charge in [0, 0.05) is 34.3 Å². The maximum absolute atomic E-state index is 11.8. The van der Waals surface area contributed by atoms with Gasteiger partial charge in [-0.1, -0.05) is 39.0 Å². The summed E-state index contributed by atoms with van der Waals surface area (Å²) in [6.45, 7) is 6.97. The maximum atomic E-state index is 11.8. The average Bonchev–Trinajstić information content (AvgIpc) is 2.68. The minimum absolute atomic E-state index is 0.269. The summed E-state index contributed by atoms with van der Waals surface area (Å²) in [7, 11) is 0. The molecule has 10 nitrogen and oxygen atoms in total. The van der Waals surface area contributed by atoms with Gasteiger partial charge in [0.25, 0.3) is 0 Å². The molecular formula is C22H36O10. The van der Waals surface area contributed by atoms with Crippen LogP contribution in [0.2, 0.25) is 0 Å². The van der Waals surface area contributed by atoms with Crippen LogP contribution in [-0.4, -0.2) is 67.8 Å². The van der Waals surface area contributed by atoms with Crippen LogP contribution in [0.15, 0.2) is 0 Å². The molecule has 0 aromatic rings. The zero-order valence-corrected chi connectivity index (χ0v) is 19.6. The second-order valence-corrected chi connectivity index (χ2v) is 7.71. The molecule has 10 heteroatoms. The van der Waals surface area contributed by atoms with Crippen LogP contribution in [0.3, 0.4) is 0 Å². The Kier molecular flexibility index (Phi) is 12.9. The van der Waals surface area contributed by atoms with E-state index < -0.39 is 54.6 Å². The Balaban J connectivity index is 3.01. The molecule has 1 aliphatic rings. The lowest BCUT2D eigenvalue weighted by Gasteiger charge is -2.44. The van der Waals surface area contributed by atoms with Crippen molar-refractivity contribution >= 4 is 23.9 Å². The highest BCUT2D eigenvalue weighted by molar-refractivity contribution is 5.68. The third-order valence-corrected chi connectivity index (χ3v) is 4.73. The van der Waals surface area contributed by atoms with E-state index in [1.54, 1.807) is 0 Å². The number of esters is 4. The van der Waals surface area contributed by atoms with E-state index in [1.165, 1.54) is 34.1 Å². The van der Waals surface area contributed by atoms with Crippen LogP contribution >= 0.6 is 0 Å². The molecule has 184 valence electrons. The summed E-state index contributed by atoms with van der Waals surface area (Å²) >= 11 is 0. The van der Waals surface area contributed by atoms with Gasteiger partial charge >= 0.3 is 23.9 Å². The molecule has 1 aliphatic heterocycles. The molecule has 0 bridgehead atoms. The Bertz CT molecular complexity index is 620. The third-order valence-electron chi connectivity index (χ3n) is 4.73. The third kappa shape index (κ3) is 10.4. The van der Waals surface area contributed by atoms with Crippen molar-refractivity contribution in [3.8, 4) is 0 Å². The Hall–Kier alpha value is -2.20. The largest absolute Gasteiger partial charge is 0.463 e. The molecule has 0 saturated carbocycles. The van der Waals surface area contributed by atoms with Crippen molar-refractivity contribution in [2.45, 2.75) is 104 Å². The van der Waals surface area contributed by atoms with E-state index in [4.69, 9.17) is 28.4 Å². The first-order valence-corrected chi connectivity index (χ1v) is 11.1. The standard InChI is InChI=1S/C22H36O10/c1-6-7-8-9-10-11-12-27-22-21(31-17(5)26)20(30-16(4)25)19(29-15(3)24)18(32-22)13-28-14(2)23/h18-22H,6-13H2,1-5H3/t18-,19-,20+,21-,22-/m1/s1. The zero-order valence-electron chi connectivity index (χ0n) is 19.6. The number of carbonyl (C=O) groups is 4. The molecule has 5 atom stereocenters. The van der Waals surface area contributed by atoms with Gasteiger partial charge in [0.05, 0.1) is 0 Å². The fraction of sp³-hybridized carbons (Fsp3) is 0.818. The minimum atomic E-state index is -1.20. The van der Waals surface area contributed by atoms with Crippen molar-refractivity contribution in [1.82, 2.24) is 0 Å². The van der Waals surface area contributed by atoms with Crippen LogP contribution in [0.1, 0.15) is 73.1 Å². The van der Waals surface area contributed by atoms with Crippen LogP contribution in [-0.2, 0) is 47.6 Å². The van der Waals surface area contributed by atoms with E-state index in [-0.39, 0.29) is 6.61 Å². The molecule has 0 aromatic carbocycles. The van der Waals surface area contributed by atoms with Gasteiger partial charge in [0.1, 0.15) is 12.7 Å². The van der Waals surface area contributed by atoms with Crippen molar-refractivity contribution in [1.29, 1.82) is 0 Å². The van der Waals surface area contributed by atoms with Crippen molar-refractivity contribution in [3.05, 3.63) is 0 Å². The Labute approximate surface area is 189 Å². The molecule has 1 saturated heterocycles. The van der Waals surface area contributed by atoms with Crippen molar-refractivity contribution < 1.29 is 47.6 Å². The van der Waals surface area contributed by atoms with E-state index in [9.17, 15) is 19.2 Å². The lowest BCUT2D eigenvalue weighted by Crippen LogP contribution is -2.63. The molecule has 0 radical (unpaired) electrons. The summed E-state index contributed by atoms with van der Waals surface area (Å²) < 4.78 is 32.8. The van der Waals surface area contributed by atoms with Gasteiger partial charge in [0.15, 0.2) is 24.6 Å². The summed E-state index contributed by atoms with van der Waals surface area (Å²) in [6, 6.07) is 0. The van der Waals surface area contributed by atoms with E-state index in [1.807, 2.05) is 0 Å². The van der Waals surface area contributed by atoms with E-state index in [0.29, 0.717) is 6.61 Å². The van der Waals surface area contributed by atoms with E-state index >= 15 is 0 Å². The van der Waals surface area contributed by atoms with Crippen LogP contribution in [0, 0.1) is 0 Å². The molecule has 1 heterocycles. The number of carbonyl (C=O) groups excluding carboxylic acids is 4. The topological polar surface area (TPSA) is 124 Å². The smallest absolute Gasteiger partial charge is 0.303 e. The van der Waals surface area contributed by atoms with Gasteiger partial charge in [-0.05, 0) is 6.42 Å². The summed E-state index contributed by atoms with van der Waals surface area (Å²) in [5.41, 5.74) is 0. The second kappa shape index (κ2) is 14.8. The van der Waals surface area contributed by atoms with Gasteiger partial charge < -0.3 is 28.4 Å². The Morgan fingerprint density at radius 2 is 1.22 bits per heavy atom. The maximum Gasteiger partial charge on any atom is 0.303 e. The number of unbranched alkanes of at least 4 members (excludes halogenated alkanes) is 5. The van der Waals surface area contributed by atoms with E-state index in [2.05, 4.69) is 6.92 Å². The quantitative estimate of drug-likeness (QED) is 0.230. The summed E-state index contributed by atoms with van der Waals surface area (Å²) in [4.78, 5) is 46.5. The number of hydrogen-bond donors (Lipinski definition) is 0. The van der Waals surface area contributed by atoms with Crippen LogP contribution in [0.4, 0.5) is 0 Å². The minimum Gasteiger partial charge on any atom is -0.463 e. The van der Waals surface area contributed by atoms with Crippen LogP contribution < -0.4 is 0 Å². The Morgan fingerprint density at radius 3 is 1.78 bits per heavy atom. The van der Waals surface area contributed by atoms with Gasteiger partial charge in [-0.3, -0.25) is 19.2 Å². The summed E-state index contributed by atoms with van der Waals surface area (Å²) in [6.07, 6.45) is 0.641. The highest BCUT2D eigenvalue weighted by Crippen LogP contribution is 2.30. The molecular weight excluding hydrogens is 424 g/mol. The van der Waals surface area contributed by atoms with Crippen LogP contribution in [0.5, 0.6) is 0 Å². The molecule has 32 heavy (non-hydrogen) atoms. The highest BCUT2D eigenvalue weighted by Gasteiger charge is 2.52. The predicted octanol–water partition coefficient (Wildman–Crippen LogP) is 2.45. The SMILES string of the molecule is CCCCCCCCO[C@@H]1O[C@H](COC(C)=O)[C@@H](OC(C)=O)[C@H](OC(C)=O)[C@H]1OC(C)=O. The predicted molar refractivity (Wildman–Crippen MR) is 111 cm³/mol. The van der Waals surface area contributed by atoms with Crippen LogP contribution in [0.25, 0.3) is 0 Å². The van der Waals surface area contributed by atoms with Crippen molar-refractivity contribution in [2.24, 2.45) is 0 Å². The zero-order chi connectivity index (χ0) is 24.1. The molecule has 0 amide bonds. The molecule has 0 aliphatic carbocycles. The van der Waals surface area contributed by atoms with Gasteiger partial charge in [-0.15, -0.1) is 0 Å². The first kappa shape index (κ1) is 27.8. The molecule has 1 rings (SSSR count). The van der Waals surface area contributed by atoms with Crippen molar-refractivity contribution in [3.63, 3.8) is 0 Å². The highest BCUT2D eigenvalue weighted by atomic mass is 16.7. The van der Waals surface area contributed by atoms with E-state index in [0.717, 1.165) is 32.1 Å². The molecule has 0 aromatic heterocycles. The fourth-order valence-electron chi connectivity index (χ4n) is 3.40. The number of rotatable bonds is 13. The first-order chi connectivity index (χ1) is 15.1. The molecule has 0 unspecified atom stereocenters. The van der Waals surface area contributed by atoms with Crippen molar-refractivity contribution in [2.75, 3.05) is 13.2 Å². The first-order valence-electron chi connectivity index (χ1n) is 11.1. The second-order valence-electron chi connectivity index (χ2n) is 7.71.